The number of nitrogens with two attached hydrogens (primary N) is 1. The first-order valence-electron chi connectivity index (χ1n) is 15.5. The first-order chi connectivity index (χ1) is 22.9. The van der Waals surface area contributed by atoms with Crippen molar-refractivity contribution in [2.24, 2.45) is 0 Å². The van der Waals surface area contributed by atoms with Crippen LogP contribution in [-0.4, -0.2) is 91.0 Å². The number of fused-ring (bicyclic) bond motifs is 2. The fraction of sp³-hybridized carbons (Fsp3) is 0.441. The third-order valence-corrected chi connectivity index (χ3v) is 9.64. The lowest BCUT2D eigenvalue weighted by atomic mass is 9.87. The minimum atomic E-state index is -1.59. The SMILES string of the molecule is CO[C@@H]1[C@@H](O)[C@@H](O[C@H]2[C@H](Oc3cccc4c(=O)c5c(N)c(=O)c6ccc(C)c7c(=O)oc(c-5c67)c34)O[C@H](C)[C@H](O)[C@@H]2O)O[C@H](C)[C@@H]1OC. The summed E-state index contributed by atoms with van der Waals surface area (Å²) in [5.74, 6) is 0.00501. The molecule has 0 amide bonds. The van der Waals surface area contributed by atoms with Gasteiger partial charge in [-0.15, -0.1) is 0 Å². The van der Waals surface area contributed by atoms with Crippen LogP contribution in [0.2, 0.25) is 0 Å². The Bertz CT molecular complexity index is 2150. The van der Waals surface area contributed by atoms with Crippen molar-refractivity contribution in [3.8, 4) is 16.9 Å². The molecular weight excluding hydrogens is 630 g/mol. The van der Waals surface area contributed by atoms with Gasteiger partial charge in [-0.25, -0.2) is 4.79 Å². The number of ether oxygens (including phenoxy) is 6. The second-order valence-corrected chi connectivity index (χ2v) is 12.4. The Morgan fingerprint density at radius 3 is 2.12 bits per heavy atom. The molecule has 0 spiro atoms. The molecular formula is C34H35NO13. The van der Waals surface area contributed by atoms with E-state index in [4.69, 9.17) is 38.6 Å². The summed E-state index contributed by atoms with van der Waals surface area (Å²) in [6, 6.07) is 7.68. The van der Waals surface area contributed by atoms with Crippen molar-refractivity contribution >= 4 is 38.2 Å². The van der Waals surface area contributed by atoms with Crippen LogP contribution in [0.3, 0.4) is 0 Å². The molecule has 2 aromatic carbocycles. The molecule has 5 N–H and O–H groups in total. The molecule has 2 fully saturated rings. The second kappa shape index (κ2) is 11.9. The maximum atomic E-state index is 14.0. The van der Waals surface area contributed by atoms with E-state index in [-0.39, 0.29) is 55.1 Å². The number of nitrogen functional groups attached to an aromatic ring is 1. The molecule has 48 heavy (non-hydrogen) atoms. The van der Waals surface area contributed by atoms with E-state index >= 15 is 0 Å². The van der Waals surface area contributed by atoms with Gasteiger partial charge in [0.1, 0.15) is 36.3 Å². The summed E-state index contributed by atoms with van der Waals surface area (Å²) in [7, 11) is 2.85. The van der Waals surface area contributed by atoms with Gasteiger partial charge in [0, 0.05) is 35.9 Å². The zero-order chi connectivity index (χ0) is 34.3. The van der Waals surface area contributed by atoms with Crippen molar-refractivity contribution in [3.63, 3.8) is 0 Å². The topological polar surface area (TPSA) is 206 Å². The Hall–Kier alpha value is -3.99. The number of aliphatic hydroxyl groups excluding tert-OH is 3. The van der Waals surface area contributed by atoms with Crippen LogP contribution < -0.4 is 27.0 Å². The van der Waals surface area contributed by atoms with Crippen LogP contribution in [0.1, 0.15) is 19.4 Å². The van der Waals surface area contributed by atoms with Crippen LogP contribution in [-0.2, 0) is 23.7 Å². The van der Waals surface area contributed by atoms with Gasteiger partial charge in [-0.05, 0) is 32.4 Å². The molecule has 3 aromatic rings. The average Bonchev–Trinajstić information content (AvgIpc) is 3.06. The largest absolute Gasteiger partial charge is 0.461 e. The highest BCUT2D eigenvalue weighted by atomic mass is 16.8. The van der Waals surface area contributed by atoms with E-state index < -0.39 is 77.9 Å². The van der Waals surface area contributed by atoms with Crippen molar-refractivity contribution in [1.29, 1.82) is 0 Å². The summed E-state index contributed by atoms with van der Waals surface area (Å²) >= 11 is 0. The summed E-state index contributed by atoms with van der Waals surface area (Å²) in [6.07, 6.45) is -11.7. The zero-order valence-corrected chi connectivity index (χ0v) is 26.7. The molecule has 1 aromatic heterocycles. The number of methoxy groups -OCH3 is 2. The standard InChI is InChI=1S/C34H35NO13/c1-11-9-10-15-19-17(11)32(41)47-29-18-14(24(37)21(20(19)29)22(35)25(15)38)7-6-8-16(18)46-34-31(26(39)23(36)12(2)44-34)48-33-27(40)30(43-5)28(42-4)13(3)45-33/h6-10,12-13,23,26-28,30-31,33-34,36,39-40H,35H2,1-5H3/t12-,13-,23+,26+,27-,28+,30-,31-,33-,34+/m1/s1. The molecule has 254 valence electrons. The first kappa shape index (κ1) is 32.6. The van der Waals surface area contributed by atoms with E-state index in [0.717, 1.165) is 0 Å². The molecule has 0 unspecified atom stereocenters. The number of hydrogen-bond donors (Lipinski definition) is 4. The van der Waals surface area contributed by atoms with E-state index in [9.17, 15) is 29.7 Å². The highest BCUT2D eigenvalue weighted by molar-refractivity contribution is 6.22. The Morgan fingerprint density at radius 2 is 1.42 bits per heavy atom. The summed E-state index contributed by atoms with van der Waals surface area (Å²) in [5.41, 5.74) is 4.74. The minimum Gasteiger partial charge on any atom is -0.461 e. The van der Waals surface area contributed by atoms with Gasteiger partial charge in [0.15, 0.2) is 23.4 Å². The van der Waals surface area contributed by atoms with Crippen LogP contribution in [0.5, 0.6) is 5.75 Å². The normalized spacial score (nSPS) is 31.3. The van der Waals surface area contributed by atoms with Gasteiger partial charge in [0.25, 0.3) is 0 Å². The van der Waals surface area contributed by atoms with Gasteiger partial charge in [0.2, 0.25) is 11.7 Å². The minimum absolute atomic E-state index is 0.00501. The van der Waals surface area contributed by atoms with Crippen molar-refractivity contribution in [3.05, 3.63) is 66.8 Å². The first-order valence-corrected chi connectivity index (χ1v) is 15.5. The third-order valence-electron chi connectivity index (χ3n) is 9.64. The molecule has 0 saturated carbocycles. The lowest BCUT2D eigenvalue weighted by Gasteiger charge is -2.46. The second-order valence-electron chi connectivity index (χ2n) is 12.4. The number of rotatable bonds is 6. The smallest absolute Gasteiger partial charge is 0.344 e. The molecule has 0 radical (unpaired) electrons. The Morgan fingerprint density at radius 1 is 0.729 bits per heavy atom. The number of benzene rings is 4. The molecule has 0 bridgehead atoms. The highest BCUT2D eigenvalue weighted by Crippen LogP contribution is 2.44. The summed E-state index contributed by atoms with van der Waals surface area (Å²) in [5, 5.41) is 33.7. The molecule has 10 atom stereocenters. The highest BCUT2D eigenvalue weighted by Gasteiger charge is 2.51. The van der Waals surface area contributed by atoms with Crippen molar-refractivity contribution in [2.45, 2.75) is 82.2 Å². The van der Waals surface area contributed by atoms with E-state index in [1.54, 1.807) is 26.0 Å². The lowest BCUT2D eigenvalue weighted by molar-refractivity contribution is -0.354. The maximum Gasteiger partial charge on any atom is 0.344 e. The van der Waals surface area contributed by atoms with E-state index in [1.807, 2.05) is 0 Å². The van der Waals surface area contributed by atoms with Crippen molar-refractivity contribution < 1.29 is 48.2 Å². The van der Waals surface area contributed by atoms with Crippen molar-refractivity contribution in [2.75, 3.05) is 20.0 Å². The van der Waals surface area contributed by atoms with E-state index in [1.165, 1.54) is 39.3 Å². The Balaban J connectivity index is 1.39. The molecule has 2 aliphatic heterocycles. The molecule has 7 rings (SSSR count). The number of aliphatic hydroxyl groups is 3. The molecule has 2 aliphatic carbocycles. The monoisotopic (exact) mass is 665 g/mol. The van der Waals surface area contributed by atoms with E-state index in [2.05, 4.69) is 0 Å². The maximum absolute atomic E-state index is 14.0. The fourth-order valence-electron chi connectivity index (χ4n) is 7.18. The zero-order valence-electron chi connectivity index (χ0n) is 26.7. The van der Waals surface area contributed by atoms with Gasteiger partial charge in [-0.3, -0.25) is 9.59 Å². The summed E-state index contributed by atoms with van der Waals surface area (Å²) < 4.78 is 41.1. The summed E-state index contributed by atoms with van der Waals surface area (Å²) in [4.78, 5) is 40.8. The molecule has 4 aliphatic rings. The molecule has 3 heterocycles. The average molecular weight is 666 g/mol. The predicted octanol–water partition coefficient (Wildman–Crippen LogP) is 1.06. The van der Waals surface area contributed by atoms with Gasteiger partial charge >= 0.3 is 5.63 Å². The van der Waals surface area contributed by atoms with Gasteiger partial charge < -0.3 is 53.9 Å². The molecule has 14 heteroatoms. The lowest BCUT2D eigenvalue weighted by Crippen LogP contribution is -2.64. The van der Waals surface area contributed by atoms with Crippen LogP contribution in [0.4, 0.5) is 5.69 Å². The number of anilines is 1. The summed E-state index contributed by atoms with van der Waals surface area (Å²) in [6.45, 7) is 4.92. The van der Waals surface area contributed by atoms with Crippen LogP contribution >= 0.6 is 0 Å². The van der Waals surface area contributed by atoms with Crippen LogP contribution in [0.25, 0.3) is 43.6 Å². The van der Waals surface area contributed by atoms with E-state index in [0.29, 0.717) is 5.56 Å². The number of aryl methyl sites for hydroxylation is 1. The van der Waals surface area contributed by atoms with Crippen LogP contribution in [0, 0.1) is 6.92 Å². The quantitative estimate of drug-likeness (QED) is 0.0866. The Kier molecular flexibility index (Phi) is 8.04. The predicted molar refractivity (Wildman–Crippen MR) is 172 cm³/mol. The molecule has 2 saturated heterocycles. The van der Waals surface area contributed by atoms with Gasteiger partial charge in [0.05, 0.1) is 34.2 Å². The van der Waals surface area contributed by atoms with Gasteiger partial charge in [-0.1, -0.05) is 24.3 Å². The molecule has 14 nitrogen and oxygen atoms in total. The number of hydrogen-bond acceptors (Lipinski definition) is 14. The Labute approximate surface area is 272 Å². The fourth-order valence-corrected chi connectivity index (χ4v) is 7.18. The van der Waals surface area contributed by atoms with Crippen LogP contribution in [0.15, 0.2) is 49.1 Å². The van der Waals surface area contributed by atoms with Crippen molar-refractivity contribution in [1.82, 2.24) is 0 Å². The van der Waals surface area contributed by atoms with Gasteiger partial charge in [-0.2, -0.15) is 0 Å². The third kappa shape index (κ3) is 4.67.